The van der Waals surface area contributed by atoms with Crippen LogP contribution in [0.25, 0.3) is 17.0 Å². The second kappa shape index (κ2) is 15.2. The fourth-order valence-electron chi connectivity index (χ4n) is 5.19. The molecule has 5 aromatic carbocycles. The van der Waals surface area contributed by atoms with Gasteiger partial charge in [-0.15, -0.1) is 11.8 Å². The second-order valence-corrected chi connectivity index (χ2v) is 12.7. The molecule has 0 saturated carbocycles. The number of nitrogens with one attached hydrogen (secondary N) is 4. The number of aromatic nitrogens is 1. The topological polar surface area (TPSA) is 106 Å². The van der Waals surface area contributed by atoms with Gasteiger partial charge in [0.05, 0.1) is 0 Å². The average Bonchev–Trinajstić information content (AvgIpc) is 3.59. The van der Waals surface area contributed by atoms with Crippen LogP contribution >= 0.6 is 11.8 Å². The zero-order valence-electron chi connectivity index (χ0n) is 27.0. The van der Waals surface area contributed by atoms with Crippen molar-refractivity contribution in [2.75, 3.05) is 29.6 Å². The number of thioether (sulfide) groups is 1. The van der Waals surface area contributed by atoms with Crippen molar-refractivity contribution in [3.63, 3.8) is 0 Å². The zero-order valence-corrected chi connectivity index (χ0v) is 27.8. The molecule has 0 aliphatic carbocycles. The number of rotatable bonds is 11. The highest BCUT2D eigenvalue weighted by Gasteiger charge is 2.23. The minimum atomic E-state index is -0.572. The van der Waals surface area contributed by atoms with Crippen LogP contribution in [0.4, 0.5) is 17.1 Å². The molecule has 49 heavy (non-hydrogen) atoms. The minimum absolute atomic E-state index is 0.0880. The van der Waals surface area contributed by atoms with Gasteiger partial charge in [-0.05, 0) is 83.3 Å². The summed E-state index contributed by atoms with van der Waals surface area (Å²) >= 11 is 1.38. The maximum Gasteiger partial charge on any atom is 0.272 e. The van der Waals surface area contributed by atoms with E-state index in [0.29, 0.717) is 16.9 Å². The molecule has 3 amide bonds. The Kier molecular flexibility index (Phi) is 10.2. The number of aromatic amines is 1. The van der Waals surface area contributed by atoms with E-state index in [1.165, 1.54) is 11.8 Å². The molecule has 4 N–H and O–H groups in total. The van der Waals surface area contributed by atoms with Gasteiger partial charge in [0.15, 0.2) is 0 Å². The third-order valence-electron chi connectivity index (χ3n) is 7.76. The molecule has 0 bridgehead atoms. The minimum Gasteiger partial charge on any atom is -0.378 e. The molecule has 1 unspecified atom stereocenters. The molecule has 0 fully saturated rings. The number of fused-ring (bicyclic) bond motifs is 1. The van der Waals surface area contributed by atoms with Crippen LogP contribution in [-0.4, -0.2) is 36.8 Å². The van der Waals surface area contributed by atoms with Crippen molar-refractivity contribution in [1.82, 2.24) is 10.3 Å². The first kappa shape index (κ1) is 32.9. The Labute approximate surface area is 289 Å². The monoisotopic (exact) mass is 665 g/mol. The van der Waals surface area contributed by atoms with E-state index >= 15 is 0 Å². The van der Waals surface area contributed by atoms with Crippen molar-refractivity contribution >= 4 is 63.5 Å². The summed E-state index contributed by atoms with van der Waals surface area (Å²) in [5.41, 5.74) is 5.26. The Morgan fingerprint density at radius 1 is 0.735 bits per heavy atom. The third-order valence-corrected chi connectivity index (χ3v) is 9.01. The van der Waals surface area contributed by atoms with Crippen molar-refractivity contribution in [3.05, 3.63) is 162 Å². The molecular formula is C40H35N5O3S. The van der Waals surface area contributed by atoms with E-state index < -0.39 is 17.1 Å². The Hall–Kier alpha value is -6.06. The summed E-state index contributed by atoms with van der Waals surface area (Å²) < 4.78 is 0. The number of nitrogens with zero attached hydrogens (tertiary/aromatic N) is 1. The first-order chi connectivity index (χ1) is 23.8. The van der Waals surface area contributed by atoms with Crippen LogP contribution in [0.3, 0.4) is 0 Å². The van der Waals surface area contributed by atoms with Gasteiger partial charge in [-0.1, -0.05) is 72.8 Å². The van der Waals surface area contributed by atoms with Crippen LogP contribution in [0.5, 0.6) is 0 Å². The lowest BCUT2D eigenvalue weighted by Gasteiger charge is -2.18. The third kappa shape index (κ3) is 8.46. The van der Waals surface area contributed by atoms with Crippen LogP contribution in [0, 0.1) is 0 Å². The predicted molar refractivity (Wildman–Crippen MR) is 200 cm³/mol. The Morgan fingerprint density at radius 3 is 2.18 bits per heavy atom. The number of hydrogen-bond donors (Lipinski definition) is 4. The Morgan fingerprint density at radius 2 is 1.45 bits per heavy atom. The van der Waals surface area contributed by atoms with Crippen LogP contribution in [0.15, 0.2) is 150 Å². The van der Waals surface area contributed by atoms with Crippen molar-refractivity contribution in [2.45, 2.75) is 10.1 Å². The summed E-state index contributed by atoms with van der Waals surface area (Å²) in [5, 5.41) is 9.29. The lowest BCUT2D eigenvalue weighted by molar-refractivity contribution is -0.116. The maximum absolute atomic E-state index is 13.7. The van der Waals surface area contributed by atoms with Gasteiger partial charge in [-0.3, -0.25) is 14.4 Å². The summed E-state index contributed by atoms with van der Waals surface area (Å²) in [6.45, 7) is 0. The van der Waals surface area contributed by atoms with E-state index in [-0.39, 0.29) is 11.6 Å². The molecule has 0 radical (unpaired) electrons. The van der Waals surface area contributed by atoms with Gasteiger partial charge < -0.3 is 25.8 Å². The van der Waals surface area contributed by atoms with Crippen molar-refractivity contribution in [2.24, 2.45) is 0 Å². The van der Waals surface area contributed by atoms with E-state index in [1.54, 1.807) is 36.4 Å². The van der Waals surface area contributed by atoms with Crippen LogP contribution in [0.2, 0.25) is 0 Å². The summed E-state index contributed by atoms with van der Waals surface area (Å²) in [5.74, 6) is -1.06. The molecule has 244 valence electrons. The van der Waals surface area contributed by atoms with Gasteiger partial charge in [0, 0.05) is 53.3 Å². The zero-order chi connectivity index (χ0) is 34.2. The Bertz CT molecular complexity index is 2110. The van der Waals surface area contributed by atoms with E-state index in [4.69, 9.17) is 0 Å². The molecule has 0 aliphatic heterocycles. The molecule has 1 aromatic heterocycles. The second-order valence-electron chi connectivity index (χ2n) is 11.5. The molecular weight excluding hydrogens is 631 g/mol. The number of anilines is 3. The largest absolute Gasteiger partial charge is 0.378 e. The SMILES string of the molecule is CN(C)c1ccc(/C=C(/NC(=O)c2ccccc2)C(=O)Nc2cccc(SC(C(=O)Nc3ccc4cc[nH]c4c3)c3ccccc3)c2)cc1. The normalized spacial score (nSPS) is 11.8. The van der Waals surface area contributed by atoms with Gasteiger partial charge in [0.25, 0.3) is 11.8 Å². The fraction of sp³-hybridized carbons (Fsp3) is 0.0750. The van der Waals surface area contributed by atoms with Crippen LogP contribution in [0.1, 0.15) is 26.7 Å². The lowest BCUT2D eigenvalue weighted by Crippen LogP contribution is -2.30. The first-order valence-corrected chi connectivity index (χ1v) is 16.6. The van der Waals surface area contributed by atoms with Crippen LogP contribution in [-0.2, 0) is 9.59 Å². The molecule has 6 rings (SSSR count). The molecule has 1 heterocycles. The molecule has 0 aliphatic rings. The van der Waals surface area contributed by atoms with E-state index in [9.17, 15) is 14.4 Å². The summed E-state index contributed by atoms with van der Waals surface area (Å²) in [7, 11) is 3.91. The Balaban J connectivity index is 1.23. The fourth-order valence-corrected chi connectivity index (χ4v) is 6.28. The molecule has 6 aromatic rings. The molecule has 1 atom stereocenters. The van der Waals surface area contributed by atoms with Gasteiger partial charge in [-0.25, -0.2) is 0 Å². The van der Waals surface area contributed by atoms with Gasteiger partial charge in [0.1, 0.15) is 10.9 Å². The van der Waals surface area contributed by atoms with Crippen molar-refractivity contribution < 1.29 is 14.4 Å². The van der Waals surface area contributed by atoms with Gasteiger partial charge in [-0.2, -0.15) is 0 Å². The molecule has 8 nitrogen and oxygen atoms in total. The first-order valence-electron chi connectivity index (χ1n) is 15.7. The number of carbonyl (C=O) groups excluding carboxylic acids is 3. The van der Waals surface area contributed by atoms with Crippen LogP contribution < -0.4 is 20.9 Å². The summed E-state index contributed by atoms with van der Waals surface area (Å²) in [6, 6.07) is 41.0. The van der Waals surface area contributed by atoms with E-state index in [1.807, 2.05) is 128 Å². The summed E-state index contributed by atoms with van der Waals surface area (Å²) in [4.78, 5) is 46.5. The average molecular weight is 666 g/mol. The standard InChI is InChI=1S/C40H35N5O3S/c1-45(2)33-20-16-27(17-21-33)24-36(44-38(46)30-12-7-4-8-13-30)39(47)42-31-14-9-15-34(25-31)49-37(29-10-5-3-6-11-29)40(48)43-32-19-18-28-22-23-41-35(28)26-32/h3-26,37,41H,1-2H3,(H,42,47)(H,43,48)(H,44,46)/b36-24+. The van der Waals surface area contributed by atoms with E-state index in [0.717, 1.165) is 32.6 Å². The highest BCUT2D eigenvalue weighted by Crippen LogP contribution is 2.37. The quantitative estimate of drug-likeness (QED) is 0.0827. The molecule has 0 spiro atoms. The highest BCUT2D eigenvalue weighted by atomic mass is 32.2. The smallest absolute Gasteiger partial charge is 0.272 e. The number of H-pyrrole nitrogens is 1. The van der Waals surface area contributed by atoms with Gasteiger partial charge >= 0.3 is 0 Å². The van der Waals surface area contributed by atoms with Crippen molar-refractivity contribution in [3.8, 4) is 0 Å². The number of hydrogen-bond acceptors (Lipinski definition) is 5. The number of benzene rings is 5. The number of carbonyl (C=O) groups is 3. The summed E-state index contributed by atoms with van der Waals surface area (Å²) in [6.07, 6.45) is 3.51. The molecule has 0 saturated heterocycles. The maximum atomic E-state index is 13.7. The van der Waals surface area contributed by atoms with Crippen molar-refractivity contribution in [1.29, 1.82) is 0 Å². The molecule has 9 heteroatoms. The van der Waals surface area contributed by atoms with E-state index in [2.05, 4.69) is 20.9 Å². The predicted octanol–water partition coefficient (Wildman–Crippen LogP) is 8.12. The highest BCUT2D eigenvalue weighted by molar-refractivity contribution is 8.00. The number of amides is 3. The lowest BCUT2D eigenvalue weighted by atomic mass is 10.1. The van der Waals surface area contributed by atoms with Gasteiger partial charge in [0.2, 0.25) is 5.91 Å².